The van der Waals surface area contributed by atoms with Gasteiger partial charge in [-0.05, 0) is 0 Å². The van der Waals surface area contributed by atoms with Crippen LogP contribution in [0.5, 0.6) is 0 Å². The molecule has 0 bridgehead atoms. The van der Waals surface area contributed by atoms with Crippen LogP contribution < -0.4 is 5.43 Å². The van der Waals surface area contributed by atoms with Gasteiger partial charge in [-0.25, -0.2) is 9.97 Å². The maximum absolute atomic E-state index is 11.4. The lowest BCUT2D eigenvalue weighted by Crippen LogP contribution is -2.10. The van der Waals surface area contributed by atoms with Gasteiger partial charge in [0, 0.05) is 6.20 Å². The maximum atomic E-state index is 11.4. The smallest absolute Gasteiger partial charge is 0.218 e. The molecule has 64 valence electrons. The number of nitrogens with one attached hydrogen (secondary N) is 1. The van der Waals surface area contributed by atoms with E-state index in [0.29, 0.717) is 11.8 Å². The van der Waals surface area contributed by atoms with E-state index in [1.54, 1.807) is 0 Å². The zero-order chi connectivity index (χ0) is 9.26. The molecule has 0 radical (unpaired) electrons. The van der Waals surface area contributed by atoms with Crippen LogP contribution in [0.1, 0.15) is 10.4 Å². The topological polar surface area (TPSA) is 75.7 Å². The van der Waals surface area contributed by atoms with E-state index in [2.05, 4.69) is 15.0 Å². The van der Waals surface area contributed by atoms with Gasteiger partial charge in [-0.3, -0.25) is 9.59 Å². The number of aromatic amines is 1. The van der Waals surface area contributed by atoms with E-state index in [9.17, 15) is 9.59 Å². The monoisotopic (exact) mass is 175 g/mol. The Labute approximate surface area is 72.5 Å². The molecule has 0 aliphatic carbocycles. The van der Waals surface area contributed by atoms with Crippen LogP contribution in [0.15, 0.2) is 23.5 Å². The van der Waals surface area contributed by atoms with Crippen molar-refractivity contribution in [1.82, 2.24) is 15.0 Å². The van der Waals surface area contributed by atoms with E-state index >= 15 is 0 Å². The fourth-order valence-electron chi connectivity index (χ4n) is 1.06. The SMILES string of the molecule is O=Cc1c[nH]c2cncnc2c1=O. The molecular weight excluding hydrogens is 170 g/mol. The van der Waals surface area contributed by atoms with Gasteiger partial charge in [-0.15, -0.1) is 0 Å². The molecule has 2 rings (SSSR count). The predicted molar refractivity (Wildman–Crippen MR) is 45.5 cm³/mol. The zero-order valence-corrected chi connectivity index (χ0v) is 6.52. The summed E-state index contributed by atoms with van der Waals surface area (Å²) in [5.41, 5.74) is 0.468. The normalized spacial score (nSPS) is 10.2. The molecule has 0 atom stereocenters. The molecule has 2 aromatic heterocycles. The third-order valence-electron chi connectivity index (χ3n) is 1.70. The molecule has 2 heterocycles. The molecule has 5 heteroatoms. The van der Waals surface area contributed by atoms with Crippen molar-refractivity contribution in [3.05, 3.63) is 34.5 Å². The van der Waals surface area contributed by atoms with E-state index in [1.165, 1.54) is 18.7 Å². The van der Waals surface area contributed by atoms with Gasteiger partial charge in [0.15, 0.2) is 6.29 Å². The number of nitrogens with zero attached hydrogens (tertiary/aromatic N) is 2. The van der Waals surface area contributed by atoms with Crippen LogP contribution in [0.2, 0.25) is 0 Å². The molecule has 1 N–H and O–H groups in total. The molecule has 0 saturated heterocycles. The van der Waals surface area contributed by atoms with Crippen molar-refractivity contribution in [2.75, 3.05) is 0 Å². The van der Waals surface area contributed by atoms with Crippen molar-refractivity contribution in [3.8, 4) is 0 Å². The highest BCUT2D eigenvalue weighted by Gasteiger charge is 2.03. The van der Waals surface area contributed by atoms with Crippen LogP contribution in [0.25, 0.3) is 11.0 Å². The van der Waals surface area contributed by atoms with Crippen LogP contribution in [0, 0.1) is 0 Å². The fourth-order valence-corrected chi connectivity index (χ4v) is 1.06. The number of carbonyl (C=O) groups excluding carboxylic acids is 1. The average molecular weight is 175 g/mol. The van der Waals surface area contributed by atoms with E-state index in [-0.39, 0.29) is 16.5 Å². The minimum absolute atomic E-state index is 0.0752. The number of rotatable bonds is 1. The van der Waals surface area contributed by atoms with Crippen LogP contribution in [-0.2, 0) is 0 Å². The summed E-state index contributed by atoms with van der Waals surface area (Å²) >= 11 is 0. The summed E-state index contributed by atoms with van der Waals surface area (Å²) in [4.78, 5) is 32.1. The van der Waals surface area contributed by atoms with E-state index in [1.807, 2.05) is 0 Å². The summed E-state index contributed by atoms with van der Waals surface area (Å²) in [6.45, 7) is 0. The van der Waals surface area contributed by atoms with Gasteiger partial charge in [-0.2, -0.15) is 0 Å². The third kappa shape index (κ3) is 1.10. The number of aromatic nitrogens is 3. The summed E-state index contributed by atoms with van der Waals surface area (Å²) in [6, 6.07) is 0. The minimum atomic E-state index is -0.369. The van der Waals surface area contributed by atoms with Crippen LogP contribution >= 0.6 is 0 Å². The molecule has 0 aliphatic heterocycles. The predicted octanol–water partition coefficient (Wildman–Crippen LogP) is 0.131. The molecule has 0 aliphatic rings. The van der Waals surface area contributed by atoms with Gasteiger partial charge in [-0.1, -0.05) is 0 Å². The highest BCUT2D eigenvalue weighted by Crippen LogP contribution is 2.00. The van der Waals surface area contributed by atoms with Crippen LogP contribution in [0.3, 0.4) is 0 Å². The fraction of sp³-hybridized carbons (Fsp3) is 0. The second kappa shape index (κ2) is 2.78. The minimum Gasteiger partial charge on any atom is -0.358 e. The Kier molecular flexibility index (Phi) is 1.63. The lowest BCUT2D eigenvalue weighted by Gasteiger charge is -1.94. The molecule has 5 nitrogen and oxygen atoms in total. The van der Waals surface area contributed by atoms with E-state index in [0.717, 1.165) is 0 Å². The second-order valence-corrected chi connectivity index (χ2v) is 2.48. The number of carbonyl (C=O) groups is 1. The first kappa shape index (κ1) is 7.60. The van der Waals surface area contributed by atoms with Gasteiger partial charge in [0.05, 0.1) is 17.3 Å². The number of pyridine rings is 1. The van der Waals surface area contributed by atoms with Gasteiger partial charge < -0.3 is 4.98 Å². The summed E-state index contributed by atoms with van der Waals surface area (Å²) in [7, 11) is 0. The number of hydrogen-bond acceptors (Lipinski definition) is 4. The van der Waals surface area contributed by atoms with Crippen molar-refractivity contribution >= 4 is 17.3 Å². The van der Waals surface area contributed by atoms with Gasteiger partial charge in [0.25, 0.3) is 0 Å². The molecule has 0 spiro atoms. The molecule has 0 unspecified atom stereocenters. The molecule has 0 aromatic carbocycles. The van der Waals surface area contributed by atoms with Crippen molar-refractivity contribution in [2.45, 2.75) is 0 Å². The molecular formula is C8H5N3O2. The molecule has 0 amide bonds. The molecule has 2 aromatic rings. The van der Waals surface area contributed by atoms with Crippen molar-refractivity contribution in [3.63, 3.8) is 0 Å². The Morgan fingerprint density at radius 3 is 3.08 bits per heavy atom. The standard InChI is InChI=1S/C8H5N3O2/c12-3-5-1-10-6-2-9-4-11-7(6)8(5)13/h1-4H,(H,10,13). The van der Waals surface area contributed by atoms with E-state index in [4.69, 9.17) is 0 Å². The third-order valence-corrected chi connectivity index (χ3v) is 1.70. The van der Waals surface area contributed by atoms with Gasteiger partial charge >= 0.3 is 0 Å². The zero-order valence-electron chi connectivity index (χ0n) is 6.52. The lowest BCUT2D eigenvalue weighted by atomic mass is 10.2. The van der Waals surface area contributed by atoms with Crippen molar-refractivity contribution in [2.24, 2.45) is 0 Å². The molecule has 0 fully saturated rings. The summed E-state index contributed by atoms with van der Waals surface area (Å²) in [6.07, 6.45) is 4.60. The average Bonchev–Trinajstić information content (AvgIpc) is 2.19. The van der Waals surface area contributed by atoms with Crippen LogP contribution in [0.4, 0.5) is 0 Å². The first-order valence-corrected chi connectivity index (χ1v) is 3.59. The van der Waals surface area contributed by atoms with Crippen molar-refractivity contribution < 1.29 is 4.79 Å². The number of hydrogen-bond donors (Lipinski definition) is 1. The Bertz CT molecular complexity index is 518. The Morgan fingerprint density at radius 1 is 1.46 bits per heavy atom. The maximum Gasteiger partial charge on any atom is 0.218 e. The number of aldehydes is 1. The summed E-state index contributed by atoms with van der Waals surface area (Å²) in [5, 5.41) is 0. The first-order valence-electron chi connectivity index (χ1n) is 3.59. The highest BCUT2D eigenvalue weighted by molar-refractivity contribution is 5.82. The number of fused-ring (bicyclic) bond motifs is 1. The quantitative estimate of drug-likeness (QED) is 0.625. The largest absolute Gasteiger partial charge is 0.358 e. The van der Waals surface area contributed by atoms with Crippen LogP contribution in [-0.4, -0.2) is 21.2 Å². The number of H-pyrrole nitrogens is 1. The Hall–Kier alpha value is -2.04. The van der Waals surface area contributed by atoms with Gasteiger partial charge in [0.1, 0.15) is 11.8 Å². The lowest BCUT2D eigenvalue weighted by molar-refractivity contribution is 0.112. The van der Waals surface area contributed by atoms with Crippen molar-refractivity contribution in [1.29, 1.82) is 0 Å². The second-order valence-electron chi connectivity index (χ2n) is 2.48. The Balaban J connectivity index is 2.95. The highest BCUT2D eigenvalue weighted by atomic mass is 16.1. The Morgan fingerprint density at radius 2 is 2.31 bits per heavy atom. The summed E-state index contributed by atoms with van der Waals surface area (Å²) in [5.74, 6) is 0. The van der Waals surface area contributed by atoms with Gasteiger partial charge in [0.2, 0.25) is 5.43 Å². The first-order chi connectivity index (χ1) is 6.33. The molecule has 0 saturated carbocycles. The van der Waals surface area contributed by atoms with E-state index < -0.39 is 0 Å². The molecule has 13 heavy (non-hydrogen) atoms. The summed E-state index contributed by atoms with van der Waals surface area (Å²) < 4.78 is 0.